The Balaban J connectivity index is 1.90. The van der Waals surface area contributed by atoms with Crippen LogP contribution in [0, 0.1) is 0 Å². The predicted octanol–water partition coefficient (Wildman–Crippen LogP) is 1.56. The molecule has 1 aromatic rings. The smallest absolute Gasteiger partial charge is 0.387 e. The van der Waals surface area contributed by atoms with Gasteiger partial charge in [0.25, 0.3) is 5.91 Å². The zero-order valence-corrected chi connectivity index (χ0v) is 13.9. The third-order valence-electron chi connectivity index (χ3n) is 3.61. The average molecular weight is 355 g/mol. The van der Waals surface area contributed by atoms with Crippen molar-refractivity contribution in [2.45, 2.75) is 25.9 Å². The summed E-state index contributed by atoms with van der Waals surface area (Å²) in [6.07, 6.45) is 1.03. The first-order valence-corrected chi connectivity index (χ1v) is 7.64. The molecule has 0 spiro atoms. The molecule has 0 bridgehead atoms. The van der Waals surface area contributed by atoms with Gasteiger partial charge in [0.2, 0.25) is 5.91 Å². The third kappa shape index (κ3) is 5.13. The van der Waals surface area contributed by atoms with E-state index in [4.69, 9.17) is 4.74 Å². The molecule has 0 fully saturated rings. The van der Waals surface area contributed by atoms with Gasteiger partial charge < -0.3 is 14.8 Å². The third-order valence-corrected chi connectivity index (χ3v) is 3.61. The van der Waals surface area contributed by atoms with Crippen LogP contribution < -0.4 is 14.8 Å². The molecule has 1 aromatic carbocycles. The van der Waals surface area contributed by atoms with E-state index in [0.29, 0.717) is 25.1 Å². The van der Waals surface area contributed by atoms with Crippen LogP contribution in [0.5, 0.6) is 11.5 Å². The highest BCUT2D eigenvalue weighted by Crippen LogP contribution is 2.29. The van der Waals surface area contributed by atoms with Crippen LogP contribution in [-0.4, -0.2) is 49.8 Å². The van der Waals surface area contributed by atoms with Crippen LogP contribution >= 0.6 is 0 Å². The highest BCUT2D eigenvalue weighted by molar-refractivity contribution is 6.39. The molecule has 2 amide bonds. The van der Waals surface area contributed by atoms with Gasteiger partial charge in [-0.3, -0.25) is 9.59 Å². The van der Waals surface area contributed by atoms with Gasteiger partial charge in [0, 0.05) is 26.4 Å². The Labute approximate surface area is 143 Å². The summed E-state index contributed by atoms with van der Waals surface area (Å²) in [4.78, 5) is 23.4. The number of hydrazone groups is 1. The van der Waals surface area contributed by atoms with E-state index in [-0.39, 0.29) is 29.7 Å². The van der Waals surface area contributed by atoms with Gasteiger partial charge in [0.15, 0.2) is 11.5 Å². The van der Waals surface area contributed by atoms with Crippen molar-refractivity contribution in [3.8, 4) is 11.5 Å². The van der Waals surface area contributed by atoms with Crippen molar-refractivity contribution in [2.24, 2.45) is 5.10 Å². The van der Waals surface area contributed by atoms with Crippen LogP contribution in [-0.2, 0) is 16.0 Å². The summed E-state index contributed by atoms with van der Waals surface area (Å²) in [5.41, 5.74) is 1.09. The zero-order chi connectivity index (χ0) is 18.4. The number of nitrogens with zero attached hydrogens (tertiary/aromatic N) is 2. The average Bonchev–Trinajstić information content (AvgIpc) is 2.57. The lowest BCUT2D eigenvalue weighted by molar-refractivity contribution is -0.130. The van der Waals surface area contributed by atoms with E-state index >= 15 is 0 Å². The van der Waals surface area contributed by atoms with Crippen molar-refractivity contribution in [3.05, 3.63) is 23.8 Å². The lowest BCUT2D eigenvalue weighted by Gasteiger charge is -2.18. The summed E-state index contributed by atoms with van der Waals surface area (Å²) in [5, 5.41) is 7.81. The Bertz CT molecular complexity index is 679. The minimum absolute atomic E-state index is 0.0467. The molecule has 9 heteroatoms. The standard InChI is InChI=1S/C16H19F2N3O4/c1-21-14(22)6-4-11(20-21)15(23)19-8-7-10-3-5-12(25-16(17)18)13(9-10)24-2/h3,5,9,16H,4,6-8H2,1-2H3,(H,19,23). The minimum Gasteiger partial charge on any atom is -0.493 e. The molecule has 0 atom stereocenters. The predicted molar refractivity (Wildman–Crippen MR) is 85.8 cm³/mol. The van der Waals surface area contributed by atoms with E-state index in [9.17, 15) is 18.4 Å². The minimum atomic E-state index is -2.93. The van der Waals surface area contributed by atoms with Gasteiger partial charge in [-0.25, -0.2) is 5.01 Å². The molecular weight excluding hydrogens is 336 g/mol. The first-order chi connectivity index (χ1) is 11.9. The molecule has 0 unspecified atom stereocenters. The van der Waals surface area contributed by atoms with Crippen LogP contribution in [0.1, 0.15) is 18.4 Å². The molecule has 0 aromatic heterocycles. The van der Waals surface area contributed by atoms with Crippen molar-refractivity contribution in [2.75, 3.05) is 20.7 Å². The van der Waals surface area contributed by atoms with Gasteiger partial charge >= 0.3 is 6.61 Å². The number of carbonyl (C=O) groups excluding carboxylic acids is 2. The van der Waals surface area contributed by atoms with Crippen LogP contribution in [0.15, 0.2) is 23.3 Å². The number of benzene rings is 1. The molecule has 1 N–H and O–H groups in total. The fraction of sp³-hybridized carbons (Fsp3) is 0.438. The molecule has 0 aliphatic carbocycles. The van der Waals surface area contributed by atoms with E-state index in [1.54, 1.807) is 12.1 Å². The summed E-state index contributed by atoms with van der Waals surface area (Å²) in [5.74, 6) is -0.311. The van der Waals surface area contributed by atoms with Gasteiger partial charge in [0.05, 0.1) is 7.11 Å². The number of amides is 2. The number of rotatable bonds is 7. The normalized spacial score (nSPS) is 14.4. The number of hydrogen-bond acceptors (Lipinski definition) is 5. The topological polar surface area (TPSA) is 80.2 Å². The van der Waals surface area contributed by atoms with Gasteiger partial charge in [-0.15, -0.1) is 0 Å². The molecule has 1 aliphatic heterocycles. The number of carbonyl (C=O) groups is 2. The maximum Gasteiger partial charge on any atom is 0.387 e. The Morgan fingerprint density at radius 1 is 1.36 bits per heavy atom. The van der Waals surface area contributed by atoms with Crippen molar-refractivity contribution in [1.29, 1.82) is 0 Å². The maximum atomic E-state index is 12.3. The summed E-state index contributed by atoms with van der Waals surface area (Å²) in [6, 6.07) is 4.60. The second-order valence-corrected chi connectivity index (χ2v) is 5.33. The lowest BCUT2D eigenvalue weighted by atomic mass is 10.1. The molecule has 7 nitrogen and oxygen atoms in total. The van der Waals surface area contributed by atoms with E-state index < -0.39 is 6.61 Å². The van der Waals surface area contributed by atoms with Crippen molar-refractivity contribution in [1.82, 2.24) is 10.3 Å². The number of ether oxygens (including phenoxy) is 2. The molecule has 25 heavy (non-hydrogen) atoms. The van der Waals surface area contributed by atoms with E-state index in [0.717, 1.165) is 10.6 Å². The summed E-state index contributed by atoms with van der Waals surface area (Å²) < 4.78 is 34.0. The second kappa shape index (κ2) is 8.41. The fourth-order valence-corrected chi connectivity index (χ4v) is 2.32. The molecular formula is C16H19F2N3O4. The van der Waals surface area contributed by atoms with Crippen LogP contribution in [0.3, 0.4) is 0 Å². The summed E-state index contributed by atoms with van der Waals surface area (Å²) in [6.45, 7) is -2.60. The largest absolute Gasteiger partial charge is 0.493 e. The summed E-state index contributed by atoms with van der Waals surface area (Å²) in [7, 11) is 2.86. The Morgan fingerprint density at radius 2 is 2.12 bits per heavy atom. The summed E-state index contributed by atoms with van der Waals surface area (Å²) >= 11 is 0. The van der Waals surface area contributed by atoms with Crippen molar-refractivity contribution in [3.63, 3.8) is 0 Å². The first kappa shape index (κ1) is 18.6. The monoisotopic (exact) mass is 355 g/mol. The fourth-order valence-electron chi connectivity index (χ4n) is 2.32. The number of methoxy groups -OCH3 is 1. The number of halogens is 2. The van der Waals surface area contributed by atoms with E-state index in [1.165, 1.54) is 20.2 Å². The van der Waals surface area contributed by atoms with Crippen molar-refractivity contribution >= 4 is 17.5 Å². The highest BCUT2D eigenvalue weighted by Gasteiger charge is 2.21. The Morgan fingerprint density at radius 3 is 2.76 bits per heavy atom. The van der Waals surface area contributed by atoms with Gasteiger partial charge in [-0.05, 0) is 24.1 Å². The molecule has 0 saturated carbocycles. The molecule has 136 valence electrons. The Kier molecular flexibility index (Phi) is 6.26. The van der Waals surface area contributed by atoms with Crippen LogP contribution in [0.25, 0.3) is 0 Å². The SMILES string of the molecule is COc1cc(CCNC(=O)C2=NN(C)C(=O)CC2)ccc1OC(F)F. The Hall–Kier alpha value is -2.71. The maximum absolute atomic E-state index is 12.3. The molecule has 1 aliphatic rings. The molecule has 0 radical (unpaired) electrons. The van der Waals surface area contributed by atoms with Crippen LogP contribution in [0.2, 0.25) is 0 Å². The first-order valence-electron chi connectivity index (χ1n) is 7.64. The van der Waals surface area contributed by atoms with Crippen molar-refractivity contribution < 1.29 is 27.8 Å². The molecule has 2 rings (SSSR count). The quantitative estimate of drug-likeness (QED) is 0.805. The molecule has 0 saturated heterocycles. The van der Waals surface area contributed by atoms with Crippen LogP contribution in [0.4, 0.5) is 8.78 Å². The number of hydrogen-bond donors (Lipinski definition) is 1. The zero-order valence-electron chi connectivity index (χ0n) is 13.9. The van der Waals surface area contributed by atoms with Gasteiger partial charge in [0.1, 0.15) is 5.71 Å². The van der Waals surface area contributed by atoms with Gasteiger partial charge in [-0.1, -0.05) is 6.07 Å². The molecule has 1 heterocycles. The highest BCUT2D eigenvalue weighted by atomic mass is 19.3. The van der Waals surface area contributed by atoms with E-state index in [1.807, 2.05) is 0 Å². The lowest BCUT2D eigenvalue weighted by Crippen LogP contribution is -2.38. The van der Waals surface area contributed by atoms with E-state index in [2.05, 4.69) is 15.2 Å². The second-order valence-electron chi connectivity index (χ2n) is 5.33. The number of nitrogens with one attached hydrogen (secondary N) is 1. The number of alkyl halides is 2. The van der Waals surface area contributed by atoms with Gasteiger partial charge in [-0.2, -0.15) is 13.9 Å².